The highest BCUT2D eigenvalue weighted by Crippen LogP contribution is 2.17. The van der Waals surface area contributed by atoms with E-state index >= 15 is 0 Å². The molecule has 0 saturated carbocycles. The van der Waals surface area contributed by atoms with Crippen LogP contribution in [0.5, 0.6) is 0 Å². The summed E-state index contributed by atoms with van der Waals surface area (Å²) in [5.74, 6) is 0.0109. The lowest BCUT2D eigenvalue weighted by molar-refractivity contribution is -0.116. The number of rotatable bonds is 7. The number of thiazole rings is 1. The molecule has 0 radical (unpaired) electrons. The molecule has 0 saturated heterocycles. The summed E-state index contributed by atoms with van der Waals surface area (Å²) < 4.78 is 0. The predicted octanol–water partition coefficient (Wildman–Crippen LogP) is 3.20. The van der Waals surface area contributed by atoms with E-state index in [1.165, 1.54) is 0 Å². The summed E-state index contributed by atoms with van der Waals surface area (Å²) >= 11 is 1.64. The lowest BCUT2D eigenvalue weighted by Gasteiger charge is -2.13. The van der Waals surface area contributed by atoms with Gasteiger partial charge in [0.25, 0.3) is 0 Å². The van der Waals surface area contributed by atoms with Gasteiger partial charge in [-0.2, -0.15) is 0 Å². The summed E-state index contributed by atoms with van der Waals surface area (Å²) in [6.07, 6.45) is 0.433. The van der Waals surface area contributed by atoms with Crippen molar-refractivity contribution < 1.29 is 4.79 Å². The van der Waals surface area contributed by atoms with Gasteiger partial charge >= 0.3 is 0 Å². The molecule has 1 unspecified atom stereocenters. The number of benzene rings is 1. The van der Waals surface area contributed by atoms with Crippen molar-refractivity contribution in [2.24, 2.45) is 0 Å². The zero-order valence-corrected chi connectivity index (χ0v) is 14.9. The van der Waals surface area contributed by atoms with Crippen molar-refractivity contribution in [3.8, 4) is 0 Å². The van der Waals surface area contributed by atoms with Gasteiger partial charge in [0, 0.05) is 49.9 Å². The van der Waals surface area contributed by atoms with Crippen molar-refractivity contribution in [1.82, 2.24) is 10.3 Å². The first-order valence-corrected chi connectivity index (χ1v) is 8.56. The highest BCUT2D eigenvalue weighted by Gasteiger charge is 2.09. The van der Waals surface area contributed by atoms with Crippen molar-refractivity contribution in [3.05, 3.63) is 40.3 Å². The van der Waals surface area contributed by atoms with Crippen LogP contribution < -0.4 is 15.5 Å². The zero-order valence-electron chi connectivity index (χ0n) is 14.1. The number of nitrogens with zero attached hydrogens (tertiary/aromatic N) is 2. The fourth-order valence-corrected chi connectivity index (χ4v) is 2.86. The van der Waals surface area contributed by atoms with E-state index in [2.05, 4.69) is 27.9 Å². The van der Waals surface area contributed by atoms with E-state index in [0.29, 0.717) is 13.0 Å². The van der Waals surface area contributed by atoms with Crippen molar-refractivity contribution in [2.45, 2.75) is 26.3 Å². The minimum Gasteiger partial charge on any atom is -0.378 e. The number of carbonyl (C=O) groups excluding carboxylic acids is 1. The molecule has 1 amide bonds. The van der Waals surface area contributed by atoms with Crippen LogP contribution in [0, 0.1) is 6.92 Å². The number of hydrogen-bond acceptors (Lipinski definition) is 5. The Bertz CT molecular complexity index is 636. The SMILES string of the molecule is Cc1nc(C(C)NCCC(=O)Nc2ccc(N(C)C)cc2)cs1. The highest BCUT2D eigenvalue weighted by molar-refractivity contribution is 7.09. The second-order valence-corrected chi connectivity index (χ2v) is 6.77. The van der Waals surface area contributed by atoms with E-state index in [9.17, 15) is 4.79 Å². The van der Waals surface area contributed by atoms with Gasteiger partial charge in [0.05, 0.1) is 10.7 Å². The summed E-state index contributed by atoms with van der Waals surface area (Å²) in [6.45, 7) is 4.68. The molecule has 124 valence electrons. The number of amides is 1. The second-order valence-electron chi connectivity index (χ2n) is 5.71. The van der Waals surface area contributed by atoms with Crippen LogP contribution in [0.1, 0.15) is 30.1 Å². The zero-order chi connectivity index (χ0) is 16.8. The quantitative estimate of drug-likeness (QED) is 0.817. The van der Waals surface area contributed by atoms with Gasteiger partial charge in [0.1, 0.15) is 0 Å². The van der Waals surface area contributed by atoms with Crippen molar-refractivity contribution >= 4 is 28.6 Å². The first-order chi connectivity index (χ1) is 11.0. The molecule has 23 heavy (non-hydrogen) atoms. The van der Waals surface area contributed by atoms with Gasteiger partial charge in [-0.1, -0.05) is 0 Å². The highest BCUT2D eigenvalue weighted by atomic mass is 32.1. The molecule has 1 heterocycles. The van der Waals surface area contributed by atoms with Crippen LogP contribution >= 0.6 is 11.3 Å². The number of hydrogen-bond donors (Lipinski definition) is 2. The Kier molecular flexibility index (Phi) is 6.12. The molecule has 6 heteroatoms. The molecule has 0 spiro atoms. The van der Waals surface area contributed by atoms with Crippen LogP contribution in [0.15, 0.2) is 29.6 Å². The lowest BCUT2D eigenvalue weighted by atomic mass is 10.2. The third-order valence-corrected chi connectivity index (χ3v) is 4.34. The predicted molar refractivity (Wildman–Crippen MR) is 97.3 cm³/mol. The molecule has 0 bridgehead atoms. The van der Waals surface area contributed by atoms with Gasteiger partial charge < -0.3 is 15.5 Å². The topological polar surface area (TPSA) is 57.3 Å². The minimum absolute atomic E-state index is 0.0109. The van der Waals surface area contributed by atoms with Crippen molar-refractivity contribution in [3.63, 3.8) is 0 Å². The maximum absolute atomic E-state index is 12.0. The van der Waals surface area contributed by atoms with E-state index in [1.54, 1.807) is 11.3 Å². The Morgan fingerprint density at radius 2 is 2.00 bits per heavy atom. The summed E-state index contributed by atoms with van der Waals surface area (Å²) in [6, 6.07) is 7.97. The molecule has 2 rings (SSSR count). The molecule has 2 aromatic rings. The molecule has 5 nitrogen and oxygen atoms in total. The second kappa shape index (κ2) is 8.08. The first kappa shape index (κ1) is 17.4. The van der Waals surface area contributed by atoms with Crippen LogP contribution in [0.4, 0.5) is 11.4 Å². The maximum atomic E-state index is 12.0. The Labute approximate surface area is 141 Å². The third kappa shape index (κ3) is 5.33. The molecule has 0 fully saturated rings. The lowest BCUT2D eigenvalue weighted by Crippen LogP contribution is -2.24. The minimum atomic E-state index is 0.0109. The third-order valence-electron chi connectivity index (χ3n) is 3.55. The maximum Gasteiger partial charge on any atom is 0.225 e. The standard InChI is InChI=1S/C17H24N4OS/c1-12(16-11-23-13(2)19-16)18-10-9-17(22)20-14-5-7-15(8-6-14)21(3)4/h5-8,11-12,18H,9-10H2,1-4H3,(H,20,22). The van der Waals surface area contributed by atoms with Crippen LogP contribution in [0.25, 0.3) is 0 Å². The summed E-state index contributed by atoms with van der Waals surface area (Å²) in [5.41, 5.74) is 2.97. The largest absolute Gasteiger partial charge is 0.378 e. The summed E-state index contributed by atoms with van der Waals surface area (Å²) in [4.78, 5) is 18.5. The first-order valence-electron chi connectivity index (χ1n) is 7.68. The van der Waals surface area contributed by atoms with E-state index in [1.807, 2.05) is 50.2 Å². The number of aromatic nitrogens is 1. The fraction of sp³-hybridized carbons (Fsp3) is 0.412. The molecule has 1 atom stereocenters. The Morgan fingerprint density at radius 3 is 2.57 bits per heavy atom. The normalized spacial score (nSPS) is 12.0. The van der Waals surface area contributed by atoms with E-state index < -0.39 is 0 Å². The number of anilines is 2. The molecular formula is C17H24N4OS. The smallest absolute Gasteiger partial charge is 0.225 e. The van der Waals surface area contributed by atoms with E-state index in [0.717, 1.165) is 22.1 Å². The Morgan fingerprint density at radius 1 is 1.30 bits per heavy atom. The number of carbonyl (C=O) groups is 1. The van der Waals surface area contributed by atoms with Crippen LogP contribution in [0.2, 0.25) is 0 Å². The van der Waals surface area contributed by atoms with E-state index in [-0.39, 0.29) is 11.9 Å². The number of aryl methyl sites for hydroxylation is 1. The van der Waals surface area contributed by atoms with Crippen LogP contribution in [-0.4, -0.2) is 31.5 Å². The summed E-state index contributed by atoms with van der Waals surface area (Å²) in [7, 11) is 3.98. The fourth-order valence-electron chi connectivity index (χ4n) is 2.15. The Balaban J connectivity index is 1.74. The van der Waals surface area contributed by atoms with Crippen molar-refractivity contribution in [2.75, 3.05) is 30.9 Å². The van der Waals surface area contributed by atoms with Gasteiger partial charge in [0.2, 0.25) is 5.91 Å². The molecule has 0 aliphatic heterocycles. The van der Waals surface area contributed by atoms with Crippen LogP contribution in [-0.2, 0) is 4.79 Å². The van der Waals surface area contributed by atoms with Gasteiger partial charge in [-0.15, -0.1) is 11.3 Å². The molecule has 1 aromatic heterocycles. The van der Waals surface area contributed by atoms with Gasteiger partial charge in [-0.25, -0.2) is 4.98 Å². The summed E-state index contributed by atoms with van der Waals surface area (Å²) in [5, 5.41) is 9.36. The molecule has 0 aliphatic carbocycles. The number of nitrogens with one attached hydrogen (secondary N) is 2. The molecule has 1 aromatic carbocycles. The van der Waals surface area contributed by atoms with Crippen LogP contribution in [0.3, 0.4) is 0 Å². The molecular weight excluding hydrogens is 308 g/mol. The van der Waals surface area contributed by atoms with Gasteiger partial charge in [-0.3, -0.25) is 4.79 Å². The average molecular weight is 332 g/mol. The molecule has 2 N–H and O–H groups in total. The van der Waals surface area contributed by atoms with Gasteiger partial charge in [0.15, 0.2) is 0 Å². The van der Waals surface area contributed by atoms with Gasteiger partial charge in [-0.05, 0) is 38.1 Å². The monoisotopic (exact) mass is 332 g/mol. The average Bonchev–Trinajstić information content (AvgIpc) is 2.94. The van der Waals surface area contributed by atoms with E-state index in [4.69, 9.17) is 0 Å². The van der Waals surface area contributed by atoms with Crippen molar-refractivity contribution in [1.29, 1.82) is 0 Å². The Hall–Kier alpha value is -1.92. The molecule has 0 aliphatic rings.